The number of fused-ring (bicyclic) bond motifs is 1. The SMILES string of the molecule is O=c1ccn(-c2cccc(OC(F)F)c2)nc1C1CC=NN1c1cccc2ncccc12. The summed E-state index contributed by atoms with van der Waals surface area (Å²) in [7, 11) is 0. The molecule has 3 heterocycles. The summed E-state index contributed by atoms with van der Waals surface area (Å²) in [6.07, 6.45) is 5.46. The molecule has 0 spiro atoms. The molecule has 1 atom stereocenters. The Morgan fingerprint density at radius 3 is 2.81 bits per heavy atom. The van der Waals surface area contributed by atoms with Crippen molar-refractivity contribution in [2.24, 2.45) is 5.10 Å². The van der Waals surface area contributed by atoms with Crippen molar-refractivity contribution in [1.29, 1.82) is 0 Å². The first-order chi connectivity index (χ1) is 15.6. The molecule has 0 saturated heterocycles. The molecule has 2 aromatic carbocycles. The monoisotopic (exact) mass is 433 g/mol. The molecule has 0 bridgehead atoms. The minimum absolute atomic E-state index is 0.00799. The predicted molar refractivity (Wildman–Crippen MR) is 117 cm³/mol. The minimum Gasteiger partial charge on any atom is -0.435 e. The fourth-order valence-electron chi connectivity index (χ4n) is 3.76. The maximum absolute atomic E-state index is 12.7. The maximum atomic E-state index is 12.7. The topological polar surface area (TPSA) is 72.6 Å². The van der Waals surface area contributed by atoms with Gasteiger partial charge in [-0.15, -0.1) is 0 Å². The molecule has 2 aromatic heterocycles. The van der Waals surface area contributed by atoms with Crippen molar-refractivity contribution in [1.82, 2.24) is 14.8 Å². The quantitative estimate of drug-likeness (QED) is 0.469. The third-order valence-corrected chi connectivity index (χ3v) is 5.16. The van der Waals surface area contributed by atoms with E-state index in [0.717, 1.165) is 16.6 Å². The highest BCUT2D eigenvalue weighted by Crippen LogP contribution is 2.35. The second kappa shape index (κ2) is 8.18. The van der Waals surface area contributed by atoms with Gasteiger partial charge < -0.3 is 4.74 Å². The van der Waals surface area contributed by atoms with Gasteiger partial charge >= 0.3 is 6.61 Å². The van der Waals surface area contributed by atoms with Crippen LogP contribution < -0.4 is 15.2 Å². The van der Waals surface area contributed by atoms with E-state index in [9.17, 15) is 13.6 Å². The first kappa shape index (κ1) is 19.8. The average molecular weight is 433 g/mol. The van der Waals surface area contributed by atoms with E-state index in [1.165, 1.54) is 29.1 Å². The van der Waals surface area contributed by atoms with Gasteiger partial charge in [0.15, 0.2) is 0 Å². The Labute approximate surface area is 181 Å². The van der Waals surface area contributed by atoms with E-state index in [2.05, 4.69) is 19.9 Å². The van der Waals surface area contributed by atoms with Crippen LogP contribution in [0, 0.1) is 0 Å². The molecule has 1 unspecified atom stereocenters. The lowest BCUT2D eigenvalue weighted by Gasteiger charge is -2.24. The lowest BCUT2D eigenvalue weighted by Crippen LogP contribution is -2.27. The van der Waals surface area contributed by atoms with E-state index >= 15 is 0 Å². The molecule has 0 radical (unpaired) electrons. The second-order valence-electron chi connectivity index (χ2n) is 7.13. The molecule has 0 N–H and O–H groups in total. The number of ether oxygens (including phenoxy) is 1. The molecule has 5 rings (SSSR count). The normalized spacial score (nSPS) is 15.6. The first-order valence-corrected chi connectivity index (χ1v) is 9.91. The van der Waals surface area contributed by atoms with Gasteiger partial charge in [-0.2, -0.15) is 19.0 Å². The van der Waals surface area contributed by atoms with Crippen LogP contribution in [0.3, 0.4) is 0 Å². The van der Waals surface area contributed by atoms with Gasteiger partial charge in [0.25, 0.3) is 0 Å². The van der Waals surface area contributed by atoms with Crippen LogP contribution in [-0.4, -0.2) is 27.6 Å². The number of hydrazone groups is 1. The summed E-state index contributed by atoms with van der Waals surface area (Å²) in [6, 6.07) is 16.7. The summed E-state index contributed by atoms with van der Waals surface area (Å²) in [6.45, 7) is -2.93. The van der Waals surface area contributed by atoms with Crippen molar-refractivity contribution in [3.63, 3.8) is 0 Å². The molecule has 1 aliphatic rings. The number of halogens is 2. The predicted octanol–water partition coefficient (Wildman–Crippen LogP) is 4.32. The third-order valence-electron chi connectivity index (χ3n) is 5.16. The summed E-state index contributed by atoms with van der Waals surface area (Å²) in [5, 5.41) is 11.7. The molecule has 0 amide bonds. The standard InChI is InChI=1S/C23H17F2N5O2/c24-23(25)32-16-5-1-4-15(14-16)29-13-10-21(31)22(28-29)20-9-12-27-30(20)19-8-2-7-18-17(19)6-3-11-26-18/h1-8,10-14,20,23H,9H2. The Morgan fingerprint density at radius 1 is 1.06 bits per heavy atom. The summed E-state index contributed by atoms with van der Waals surface area (Å²) < 4.78 is 31.1. The molecule has 1 aliphatic heterocycles. The number of rotatable bonds is 5. The largest absolute Gasteiger partial charge is 0.435 e. The Kier molecular flexibility index (Phi) is 5.06. The number of hydrogen-bond donors (Lipinski definition) is 0. The van der Waals surface area contributed by atoms with Gasteiger partial charge in [0.1, 0.15) is 17.5 Å². The van der Waals surface area contributed by atoms with Crippen LogP contribution >= 0.6 is 0 Å². The Bertz CT molecular complexity index is 1370. The fourth-order valence-corrected chi connectivity index (χ4v) is 3.76. The summed E-state index contributed by atoms with van der Waals surface area (Å²) >= 11 is 0. The molecule has 160 valence electrons. The van der Waals surface area contributed by atoms with Crippen LogP contribution in [0.25, 0.3) is 16.6 Å². The van der Waals surface area contributed by atoms with E-state index in [1.807, 2.05) is 30.3 Å². The lowest BCUT2D eigenvalue weighted by atomic mass is 10.1. The van der Waals surface area contributed by atoms with Crippen LogP contribution in [0.1, 0.15) is 18.2 Å². The zero-order valence-corrected chi connectivity index (χ0v) is 16.7. The van der Waals surface area contributed by atoms with Crippen molar-refractivity contribution in [3.05, 3.63) is 89.0 Å². The Morgan fingerprint density at radius 2 is 1.94 bits per heavy atom. The number of alkyl halides is 2. The van der Waals surface area contributed by atoms with Crippen LogP contribution in [-0.2, 0) is 0 Å². The van der Waals surface area contributed by atoms with Crippen molar-refractivity contribution in [2.45, 2.75) is 19.1 Å². The van der Waals surface area contributed by atoms with Crippen molar-refractivity contribution in [2.75, 3.05) is 5.01 Å². The molecule has 0 aliphatic carbocycles. The third kappa shape index (κ3) is 3.68. The van der Waals surface area contributed by atoms with Crippen LogP contribution in [0.5, 0.6) is 5.75 Å². The van der Waals surface area contributed by atoms with Gasteiger partial charge in [-0.05, 0) is 36.4 Å². The lowest BCUT2D eigenvalue weighted by molar-refractivity contribution is -0.0498. The van der Waals surface area contributed by atoms with Crippen molar-refractivity contribution >= 4 is 22.8 Å². The highest BCUT2D eigenvalue weighted by atomic mass is 19.3. The number of anilines is 1. The van der Waals surface area contributed by atoms with E-state index in [1.54, 1.807) is 29.6 Å². The zero-order chi connectivity index (χ0) is 22.1. The van der Waals surface area contributed by atoms with Gasteiger partial charge in [-0.1, -0.05) is 12.1 Å². The Balaban J connectivity index is 1.54. The highest BCUT2D eigenvalue weighted by molar-refractivity contribution is 5.92. The molecule has 32 heavy (non-hydrogen) atoms. The number of aromatic nitrogens is 3. The molecule has 0 fully saturated rings. The second-order valence-corrected chi connectivity index (χ2v) is 7.13. The summed E-state index contributed by atoms with van der Waals surface area (Å²) in [4.78, 5) is 17.1. The molecular weight excluding hydrogens is 416 g/mol. The molecule has 4 aromatic rings. The van der Waals surface area contributed by atoms with Crippen LogP contribution in [0.15, 0.2) is 83.0 Å². The number of pyridine rings is 1. The van der Waals surface area contributed by atoms with Crippen molar-refractivity contribution in [3.8, 4) is 11.4 Å². The van der Waals surface area contributed by atoms with Gasteiger partial charge in [0, 0.05) is 42.5 Å². The van der Waals surface area contributed by atoms with Crippen LogP contribution in [0.4, 0.5) is 14.5 Å². The van der Waals surface area contributed by atoms with E-state index < -0.39 is 12.7 Å². The average Bonchev–Trinajstić information content (AvgIpc) is 3.28. The maximum Gasteiger partial charge on any atom is 0.387 e. The minimum atomic E-state index is -2.93. The van der Waals surface area contributed by atoms with E-state index in [4.69, 9.17) is 0 Å². The molecule has 0 saturated carbocycles. The number of benzene rings is 2. The smallest absolute Gasteiger partial charge is 0.387 e. The zero-order valence-electron chi connectivity index (χ0n) is 16.7. The van der Waals surface area contributed by atoms with Gasteiger partial charge in [-0.25, -0.2) is 4.68 Å². The summed E-state index contributed by atoms with van der Waals surface area (Å²) in [5.41, 5.74) is 2.19. The van der Waals surface area contributed by atoms with E-state index in [0.29, 0.717) is 17.8 Å². The molecule has 9 heteroatoms. The summed E-state index contributed by atoms with van der Waals surface area (Å²) in [5.74, 6) is 0.00799. The first-order valence-electron chi connectivity index (χ1n) is 9.91. The molecular formula is C23H17F2N5O2. The Hall–Kier alpha value is -4.14. The number of nitrogens with zero attached hydrogens (tertiary/aromatic N) is 5. The number of hydrogen-bond acceptors (Lipinski definition) is 6. The molecule has 7 nitrogen and oxygen atoms in total. The van der Waals surface area contributed by atoms with E-state index in [-0.39, 0.29) is 11.2 Å². The van der Waals surface area contributed by atoms with Crippen LogP contribution in [0.2, 0.25) is 0 Å². The highest BCUT2D eigenvalue weighted by Gasteiger charge is 2.29. The van der Waals surface area contributed by atoms with Gasteiger partial charge in [-0.3, -0.25) is 14.8 Å². The van der Waals surface area contributed by atoms with Gasteiger partial charge in [0.2, 0.25) is 5.43 Å². The van der Waals surface area contributed by atoms with Crippen molar-refractivity contribution < 1.29 is 13.5 Å². The van der Waals surface area contributed by atoms with Gasteiger partial charge in [0.05, 0.1) is 16.9 Å². The fraction of sp³-hybridized carbons (Fsp3) is 0.130.